The van der Waals surface area contributed by atoms with Gasteiger partial charge >= 0.3 is 0 Å². The van der Waals surface area contributed by atoms with E-state index in [-0.39, 0.29) is 5.78 Å². The highest BCUT2D eigenvalue weighted by atomic mass is 16.1. The van der Waals surface area contributed by atoms with Gasteiger partial charge in [-0.05, 0) is 54.0 Å². The first-order valence-electron chi connectivity index (χ1n) is 7.08. The molecule has 0 bridgehead atoms. The lowest BCUT2D eigenvalue weighted by Gasteiger charge is -1.99. The summed E-state index contributed by atoms with van der Waals surface area (Å²) >= 11 is 0. The Morgan fingerprint density at radius 2 is 1.55 bits per heavy atom. The Balaban J connectivity index is 4.75. The van der Waals surface area contributed by atoms with Gasteiger partial charge in [-0.1, -0.05) is 52.7 Å². The molecule has 0 atom stereocenters. The molecule has 0 aromatic heterocycles. The van der Waals surface area contributed by atoms with E-state index in [4.69, 9.17) is 0 Å². The van der Waals surface area contributed by atoms with Crippen molar-refractivity contribution in [1.82, 2.24) is 0 Å². The third kappa shape index (κ3) is 8.47. The summed E-state index contributed by atoms with van der Waals surface area (Å²) in [4.78, 5) is 11.9. The van der Waals surface area contributed by atoms with Crippen LogP contribution in [0.2, 0.25) is 0 Å². The van der Waals surface area contributed by atoms with Gasteiger partial charge in [0.25, 0.3) is 0 Å². The first kappa shape index (κ1) is 18.4. The average Bonchev–Trinajstić information content (AvgIpc) is 2.35. The van der Waals surface area contributed by atoms with Crippen LogP contribution >= 0.6 is 0 Å². The molecule has 0 heterocycles. The van der Waals surface area contributed by atoms with Crippen molar-refractivity contribution < 1.29 is 4.79 Å². The van der Waals surface area contributed by atoms with Crippen molar-refractivity contribution in [3.05, 3.63) is 58.2 Å². The minimum absolute atomic E-state index is 0.184. The van der Waals surface area contributed by atoms with Crippen LogP contribution in [0.15, 0.2) is 58.2 Å². The zero-order valence-corrected chi connectivity index (χ0v) is 14.0. The molecule has 0 unspecified atom stereocenters. The van der Waals surface area contributed by atoms with Crippen LogP contribution in [0.3, 0.4) is 0 Å². The molecule has 1 nitrogen and oxygen atoms in total. The third-order valence-electron chi connectivity index (χ3n) is 3.07. The normalized spacial score (nSPS) is 12.6. The molecular formula is C19H28O. The van der Waals surface area contributed by atoms with E-state index in [0.717, 1.165) is 11.1 Å². The SMILES string of the molecule is CC(C)=CCC(=O)/C(C)=C/C(C)=C/C=C/C(C)=C(C)C. The van der Waals surface area contributed by atoms with Gasteiger partial charge in [-0.25, -0.2) is 0 Å². The first-order chi connectivity index (χ1) is 9.23. The number of carbonyl (C=O) groups excluding carboxylic acids is 1. The summed E-state index contributed by atoms with van der Waals surface area (Å²) in [5.41, 5.74) is 5.67. The summed E-state index contributed by atoms with van der Waals surface area (Å²) in [5, 5.41) is 0. The maximum atomic E-state index is 11.9. The lowest BCUT2D eigenvalue weighted by Crippen LogP contribution is -1.97. The van der Waals surface area contributed by atoms with Crippen LogP contribution in [0.4, 0.5) is 0 Å². The van der Waals surface area contributed by atoms with Crippen molar-refractivity contribution in [3.63, 3.8) is 0 Å². The van der Waals surface area contributed by atoms with Gasteiger partial charge in [-0.15, -0.1) is 0 Å². The van der Waals surface area contributed by atoms with E-state index in [1.165, 1.54) is 16.7 Å². The number of hydrogen-bond donors (Lipinski definition) is 0. The molecule has 0 saturated carbocycles. The number of allylic oxidation sites excluding steroid dienone is 10. The van der Waals surface area contributed by atoms with Crippen molar-refractivity contribution in [2.45, 2.75) is 54.9 Å². The van der Waals surface area contributed by atoms with Gasteiger partial charge in [0.2, 0.25) is 0 Å². The molecule has 0 saturated heterocycles. The standard InChI is InChI=1S/C19H28O/c1-14(2)11-12-19(20)18(7)13-16(5)9-8-10-17(6)15(3)4/h8-11,13H,12H2,1-7H3/b10-8+,16-9+,18-13+. The Bertz CT molecular complexity index is 486. The summed E-state index contributed by atoms with van der Waals surface area (Å²) in [6.07, 6.45) is 10.6. The molecule has 110 valence electrons. The van der Waals surface area contributed by atoms with Gasteiger partial charge < -0.3 is 0 Å². The number of rotatable bonds is 6. The molecule has 0 N–H and O–H groups in total. The topological polar surface area (TPSA) is 17.1 Å². The lowest BCUT2D eigenvalue weighted by molar-refractivity contribution is -0.114. The largest absolute Gasteiger partial charge is 0.294 e. The molecule has 0 aromatic rings. The fourth-order valence-electron chi connectivity index (χ4n) is 1.44. The maximum Gasteiger partial charge on any atom is 0.162 e. The third-order valence-corrected chi connectivity index (χ3v) is 3.07. The van der Waals surface area contributed by atoms with Crippen molar-refractivity contribution in [2.75, 3.05) is 0 Å². The quantitative estimate of drug-likeness (QED) is 0.343. The highest BCUT2D eigenvalue weighted by molar-refractivity contribution is 5.96. The van der Waals surface area contributed by atoms with Crippen molar-refractivity contribution in [3.8, 4) is 0 Å². The van der Waals surface area contributed by atoms with Gasteiger partial charge in [-0.2, -0.15) is 0 Å². The van der Waals surface area contributed by atoms with Gasteiger partial charge in [0.05, 0.1) is 0 Å². The van der Waals surface area contributed by atoms with E-state index in [0.29, 0.717) is 6.42 Å². The van der Waals surface area contributed by atoms with Crippen LogP contribution < -0.4 is 0 Å². The number of ketones is 1. The Labute approximate surface area is 124 Å². The van der Waals surface area contributed by atoms with E-state index in [2.05, 4.69) is 26.8 Å². The minimum Gasteiger partial charge on any atom is -0.294 e. The minimum atomic E-state index is 0.184. The Morgan fingerprint density at radius 3 is 2.05 bits per heavy atom. The monoisotopic (exact) mass is 272 g/mol. The molecule has 1 heteroatoms. The Kier molecular flexibility index (Phi) is 8.54. The van der Waals surface area contributed by atoms with E-state index in [1.807, 2.05) is 52.0 Å². The van der Waals surface area contributed by atoms with Crippen molar-refractivity contribution in [1.29, 1.82) is 0 Å². The summed E-state index contributed by atoms with van der Waals surface area (Å²) < 4.78 is 0. The second-order valence-electron chi connectivity index (χ2n) is 5.69. The zero-order chi connectivity index (χ0) is 15.7. The molecule has 0 aliphatic carbocycles. The highest BCUT2D eigenvalue weighted by Gasteiger charge is 2.01. The molecule has 0 aromatic carbocycles. The average molecular weight is 272 g/mol. The van der Waals surface area contributed by atoms with E-state index >= 15 is 0 Å². The predicted molar refractivity (Wildman–Crippen MR) is 89.8 cm³/mol. The molecule has 0 spiro atoms. The summed E-state index contributed by atoms with van der Waals surface area (Å²) in [5.74, 6) is 0.184. The number of Topliss-reactive ketones (excluding diaryl/α,β-unsaturated/α-hetero) is 1. The van der Waals surface area contributed by atoms with Crippen LogP contribution in [-0.4, -0.2) is 5.78 Å². The van der Waals surface area contributed by atoms with Crippen LogP contribution in [-0.2, 0) is 4.79 Å². The van der Waals surface area contributed by atoms with Gasteiger partial charge in [-0.3, -0.25) is 4.79 Å². The Hall–Kier alpha value is -1.63. The van der Waals surface area contributed by atoms with Crippen LogP contribution in [0.5, 0.6) is 0 Å². The van der Waals surface area contributed by atoms with Crippen LogP contribution in [0.1, 0.15) is 54.9 Å². The van der Waals surface area contributed by atoms with Crippen molar-refractivity contribution >= 4 is 5.78 Å². The van der Waals surface area contributed by atoms with Gasteiger partial charge in [0, 0.05) is 6.42 Å². The predicted octanol–water partition coefficient (Wildman–Crippen LogP) is 5.72. The number of carbonyl (C=O) groups is 1. The molecule has 0 aliphatic rings. The molecule has 0 rings (SSSR count). The fourth-order valence-corrected chi connectivity index (χ4v) is 1.44. The second-order valence-corrected chi connectivity index (χ2v) is 5.69. The van der Waals surface area contributed by atoms with Gasteiger partial charge in [0.1, 0.15) is 0 Å². The van der Waals surface area contributed by atoms with E-state index in [1.54, 1.807) is 0 Å². The lowest BCUT2D eigenvalue weighted by atomic mass is 10.1. The van der Waals surface area contributed by atoms with Gasteiger partial charge in [0.15, 0.2) is 5.78 Å². The summed E-state index contributed by atoms with van der Waals surface area (Å²) in [7, 11) is 0. The van der Waals surface area contributed by atoms with Crippen LogP contribution in [0, 0.1) is 0 Å². The Morgan fingerprint density at radius 1 is 0.950 bits per heavy atom. The molecule has 0 fully saturated rings. The second kappa shape index (κ2) is 9.30. The van der Waals surface area contributed by atoms with Crippen LogP contribution in [0.25, 0.3) is 0 Å². The molecule has 20 heavy (non-hydrogen) atoms. The molecule has 0 aliphatic heterocycles. The molecule has 0 radical (unpaired) electrons. The highest BCUT2D eigenvalue weighted by Crippen LogP contribution is 2.08. The smallest absolute Gasteiger partial charge is 0.162 e. The van der Waals surface area contributed by atoms with E-state index in [9.17, 15) is 4.79 Å². The summed E-state index contributed by atoms with van der Waals surface area (Å²) in [6.45, 7) is 14.2. The van der Waals surface area contributed by atoms with E-state index < -0.39 is 0 Å². The van der Waals surface area contributed by atoms with Crippen molar-refractivity contribution in [2.24, 2.45) is 0 Å². The molecular weight excluding hydrogens is 244 g/mol. The zero-order valence-electron chi connectivity index (χ0n) is 14.0. The first-order valence-corrected chi connectivity index (χ1v) is 7.08. The number of hydrogen-bond acceptors (Lipinski definition) is 1. The summed E-state index contributed by atoms with van der Waals surface area (Å²) in [6, 6.07) is 0. The maximum absolute atomic E-state index is 11.9. The molecule has 0 amide bonds. The fraction of sp³-hybridized carbons (Fsp3) is 0.421.